The Morgan fingerprint density at radius 3 is 3.00 bits per heavy atom. The van der Waals surface area contributed by atoms with E-state index in [9.17, 15) is 4.79 Å². The van der Waals surface area contributed by atoms with Gasteiger partial charge in [0.05, 0.1) is 10.4 Å². The quantitative estimate of drug-likeness (QED) is 0.893. The highest BCUT2D eigenvalue weighted by molar-refractivity contribution is 7.16. The predicted molar refractivity (Wildman–Crippen MR) is 87.0 cm³/mol. The SMILES string of the molecule is C[C@H](NC(=O)N[C@H]1CCN2CCCC[C@@H]12)c1ccc(Cl)s1. The molecule has 2 aliphatic rings. The molecular weight excluding hydrogens is 306 g/mol. The summed E-state index contributed by atoms with van der Waals surface area (Å²) in [6, 6.07) is 4.60. The molecule has 0 unspecified atom stereocenters. The van der Waals surface area contributed by atoms with Gasteiger partial charge >= 0.3 is 6.03 Å². The largest absolute Gasteiger partial charge is 0.334 e. The van der Waals surface area contributed by atoms with Crippen molar-refractivity contribution < 1.29 is 4.79 Å². The van der Waals surface area contributed by atoms with Crippen molar-refractivity contribution in [3.63, 3.8) is 0 Å². The first-order valence-corrected chi connectivity index (χ1v) is 8.89. The third-order valence-corrected chi connectivity index (χ3v) is 5.95. The van der Waals surface area contributed by atoms with Gasteiger partial charge in [-0.05, 0) is 44.9 Å². The summed E-state index contributed by atoms with van der Waals surface area (Å²) in [5.41, 5.74) is 0. The van der Waals surface area contributed by atoms with E-state index in [2.05, 4.69) is 15.5 Å². The minimum atomic E-state index is -0.0653. The molecule has 3 heterocycles. The molecule has 0 saturated carbocycles. The second kappa shape index (κ2) is 6.55. The average Bonchev–Trinajstić information content (AvgIpc) is 3.06. The zero-order valence-electron chi connectivity index (χ0n) is 12.3. The number of hydrogen-bond acceptors (Lipinski definition) is 3. The molecule has 1 aromatic heterocycles. The molecule has 4 nitrogen and oxygen atoms in total. The molecule has 0 aromatic carbocycles. The number of hydrogen-bond donors (Lipinski definition) is 2. The van der Waals surface area contributed by atoms with Gasteiger partial charge in [-0.1, -0.05) is 18.0 Å². The third kappa shape index (κ3) is 3.52. The van der Waals surface area contributed by atoms with E-state index >= 15 is 0 Å². The van der Waals surface area contributed by atoms with Crippen LogP contribution in [-0.4, -0.2) is 36.1 Å². The molecule has 2 fully saturated rings. The molecule has 116 valence electrons. The average molecular weight is 328 g/mol. The lowest BCUT2D eigenvalue weighted by Gasteiger charge is -2.32. The Kier molecular flexibility index (Phi) is 4.72. The molecule has 21 heavy (non-hydrogen) atoms. The van der Waals surface area contributed by atoms with Gasteiger partial charge in [0.25, 0.3) is 0 Å². The fourth-order valence-electron chi connectivity index (χ4n) is 3.45. The molecule has 6 heteroatoms. The summed E-state index contributed by atoms with van der Waals surface area (Å²) in [6.07, 6.45) is 4.86. The van der Waals surface area contributed by atoms with Crippen molar-refractivity contribution in [2.45, 2.75) is 50.7 Å². The molecule has 0 spiro atoms. The number of carbonyl (C=O) groups is 1. The molecule has 2 amide bonds. The van der Waals surface area contributed by atoms with Crippen LogP contribution in [0.2, 0.25) is 4.34 Å². The van der Waals surface area contributed by atoms with E-state index < -0.39 is 0 Å². The maximum absolute atomic E-state index is 12.2. The van der Waals surface area contributed by atoms with Crippen LogP contribution < -0.4 is 10.6 Å². The Morgan fingerprint density at radius 1 is 1.38 bits per heavy atom. The fourth-order valence-corrected chi connectivity index (χ4v) is 4.52. The van der Waals surface area contributed by atoms with Gasteiger partial charge in [0.2, 0.25) is 0 Å². The maximum atomic E-state index is 12.2. The number of nitrogens with zero attached hydrogens (tertiary/aromatic N) is 1. The van der Waals surface area contributed by atoms with Crippen LogP contribution in [0.15, 0.2) is 12.1 Å². The smallest absolute Gasteiger partial charge is 0.315 e. The monoisotopic (exact) mass is 327 g/mol. The van der Waals surface area contributed by atoms with Gasteiger partial charge in [0.15, 0.2) is 0 Å². The molecule has 0 aliphatic carbocycles. The van der Waals surface area contributed by atoms with Gasteiger partial charge < -0.3 is 10.6 Å². The minimum Gasteiger partial charge on any atom is -0.334 e. The molecule has 3 rings (SSSR count). The van der Waals surface area contributed by atoms with Gasteiger partial charge in [-0.2, -0.15) is 0 Å². The van der Waals surface area contributed by atoms with E-state index in [4.69, 9.17) is 11.6 Å². The standard InChI is InChI=1S/C15H22ClN3OS/c1-10(13-5-6-14(16)21-13)17-15(20)18-11-7-9-19-8-3-2-4-12(11)19/h5-6,10-12H,2-4,7-9H2,1H3,(H2,17,18,20)/t10-,11-,12-/m0/s1. The first-order valence-electron chi connectivity index (χ1n) is 7.70. The summed E-state index contributed by atoms with van der Waals surface area (Å²) in [6.45, 7) is 4.30. The van der Waals surface area contributed by atoms with Gasteiger partial charge in [0.1, 0.15) is 0 Å². The zero-order valence-corrected chi connectivity index (χ0v) is 13.8. The Balaban J connectivity index is 1.52. The lowest BCUT2D eigenvalue weighted by molar-refractivity contribution is 0.178. The van der Waals surface area contributed by atoms with Crippen LogP contribution in [0, 0.1) is 0 Å². The van der Waals surface area contributed by atoms with Gasteiger partial charge in [-0.15, -0.1) is 11.3 Å². The highest BCUT2D eigenvalue weighted by atomic mass is 35.5. The van der Waals surface area contributed by atoms with E-state index in [1.807, 2.05) is 19.1 Å². The normalized spacial score (nSPS) is 27.1. The van der Waals surface area contributed by atoms with Crippen LogP contribution in [0.4, 0.5) is 4.79 Å². The third-order valence-electron chi connectivity index (χ3n) is 4.54. The van der Waals surface area contributed by atoms with Crippen LogP contribution >= 0.6 is 22.9 Å². The number of thiophene rings is 1. The van der Waals surface area contributed by atoms with Gasteiger partial charge in [0, 0.05) is 23.5 Å². The van der Waals surface area contributed by atoms with Crippen LogP contribution in [0.3, 0.4) is 0 Å². The summed E-state index contributed by atoms with van der Waals surface area (Å²) in [7, 11) is 0. The molecule has 3 atom stereocenters. The van der Waals surface area contributed by atoms with Crippen molar-refractivity contribution in [3.05, 3.63) is 21.3 Å². The molecule has 2 saturated heterocycles. The summed E-state index contributed by atoms with van der Waals surface area (Å²) in [4.78, 5) is 15.8. The van der Waals surface area contributed by atoms with Crippen molar-refractivity contribution in [2.24, 2.45) is 0 Å². The van der Waals surface area contributed by atoms with E-state index in [1.54, 1.807) is 0 Å². The number of halogens is 1. The number of amides is 2. The van der Waals surface area contributed by atoms with E-state index in [1.165, 1.54) is 37.1 Å². The van der Waals surface area contributed by atoms with Gasteiger partial charge in [-0.25, -0.2) is 4.79 Å². The number of nitrogens with one attached hydrogen (secondary N) is 2. The number of rotatable bonds is 3. The lowest BCUT2D eigenvalue weighted by atomic mass is 9.99. The summed E-state index contributed by atoms with van der Waals surface area (Å²) in [5.74, 6) is 0. The number of piperidine rings is 1. The Hall–Kier alpha value is -0.780. The Bertz CT molecular complexity index is 507. The molecule has 2 N–H and O–H groups in total. The number of urea groups is 1. The topological polar surface area (TPSA) is 44.4 Å². The molecule has 1 aromatic rings. The first-order chi connectivity index (χ1) is 10.1. The maximum Gasteiger partial charge on any atom is 0.315 e. The molecule has 0 bridgehead atoms. The van der Waals surface area contributed by atoms with Crippen LogP contribution in [0.1, 0.15) is 43.5 Å². The lowest BCUT2D eigenvalue weighted by Crippen LogP contribution is -2.49. The van der Waals surface area contributed by atoms with Crippen molar-refractivity contribution in [3.8, 4) is 0 Å². The summed E-state index contributed by atoms with van der Waals surface area (Å²) >= 11 is 7.45. The van der Waals surface area contributed by atoms with Crippen molar-refractivity contribution in [1.29, 1.82) is 0 Å². The van der Waals surface area contributed by atoms with Crippen molar-refractivity contribution in [1.82, 2.24) is 15.5 Å². The van der Waals surface area contributed by atoms with Crippen LogP contribution in [-0.2, 0) is 0 Å². The second-order valence-electron chi connectivity index (χ2n) is 5.98. The Morgan fingerprint density at radius 2 is 2.24 bits per heavy atom. The number of carbonyl (C=O) groups excluding carboxylic acids is 1. The molecule has 2 aliphatic heterocycles. The van der Waals surface area contributed by atoms with Crippen molar-refractivity contribution >= 4 is 29.0 Å². The van der Waals surface area contributed by atoms with Crippen LogP contribution in [0.25, 0.3) is 0 Å². The summed E-state index contributed by atoms with van der Waals surface area (Å²) < 4.78 is 0.757. The predicted octanol–water partition coefficient (Wildman–Crippen LogP) is 3.39. The van der Waals surface area contributed by atoms with E-state index in [0.717, 1.165) is 22.2 Å². The van der Waals surface area contributed by atoms with Gasteiger partial charge in [-0.3, -0.25) is 4.90 Å². The molecular formula is C15H22ClN3OS. The minimum absolute atomic E-state index is 0.00800. The van der Waals surface area contributed by atoms with Crippen molar-refractivity contribution in [2.75, 3.05) is 13.1 Å². The van der Waals surface area contributed by atoms with E-state index in [0.29, 0.717) is 12.1 Å². The highest BCUT2D eigenvalue weighted by Gasteiger charge is 2.36. The van der Waals surface area contributed by atoms with Crippen LogP contribution in [0.5, 0.6) is 0 Å². The highest BCUT2D eigenvalue weighted by Crippen LogP contribution is 2.28. The molecule has 0 radical (unpaired) electrons. The van der Waals surface area contributed by atoms with E-state index in [-0.39, 0.29) is 12.1 Å². The second-order valence-corrected chi connectivity index (χ2v) is 7.72. The summed E-state index contributed by atoms with van der Waals surface area (Å²) in [5, 5.41) is 6.18. The number of fused-ring (bicyclic) bond motifs is 1. The Labute approximate surface area is 134 Å². The zero-order chi connectivity index (χ0) is 14.8. The fraction of sp³-hybridized carbons (Fsp3) is 0.667. The first kappa shape index (κ1) is 15.1.